The number of hydrogen-bond donors (Lipinski definition) is 4. The van der Waals surface area contributed by atoms with Gasteiger partial charge in [0.1, 0.15) is 33.5 Å². The molecular weight excluding hydrogens is 497 g/mol. The molecule has 0 aliphatic rings. The fourth-order valence-corrected chi connectivity index (χ4v) is 3.82. The molecular formula is C19H18ClF3N8O2S. The second-order valence-electron chi connectivity index (χ2n) is 6.88. The standard InChI is InChI=1S/C19H18ClF3N8O2S/c1-8(30-17(33)14-9(4-25-2)15(24)29-7-28-14)18-27-6-12(34-18)16(32)31-13-3-10(19(21,22)23)11(20)5-26-13/h3,5-8,25H,4H2,1-2H3,(H,30,33)(H2,24,28,29)(H,26,31,32). The monoisotopic (exact) mass is 514 g/mol. The number of carbonyl (C=O) groups excluding carboxylic acids is 2. The first-order valence-corrected chi connectivity index (χ1v) is 10.7. The number of anilines is 2. The molecule has 0 aliphatic heterocycles. The maximum Gasteiger partial charge on any atom is 0.418 e. The summed E-state index contributed by atoms with van der Waals surface area (Å²) in [6.07, 6.45) is -1.48. The zero-order valence-electron chi connectivity index (χ0n) is 17.7. The van der Waals surface area contributed by atoms with Gasteiger partial charge in [0.2, 0.25) is 0 Å². The summed E-state index contributed by atoms with van der Waals surface area (Å²) in [5.41, 5.74) is 5.23. The first kappa shape index (κ1) is 25.3. The van der Waals surface area contributed by atoms with Gasteiger partial charge in [-0.25, -0.2) is 19.9 Å². The number of amides is 2. The van der Waals surface area contributed by atoms with Crippen molar-refractivity contribution in [3.63, 3.8) is 0 Å². The summed E-state index contributed by atoms with van der Waals surface area (Å²) in [5, 5.41) is 7.69. The molecule has 10 nitrogen and oxygen atoms in total. The van der Waals surface area contributed by atoms with Crippen molar-refractivity contribution in [1.82, 2.24) is 30.6 Å². The highest BCUT2D eigenvalue weighted by molar-refractivity contribution is 7.13. The molecule has 15 heteroatoms. The number of halogens is 4. The maximum atomic E-state index is 13.0. The van der Waals surface area contributed by atoms with E-state index in [4.69, 9.17) is 17.3 Å². The van der Waals surface area contributed by atoms with Gasteiger partial charge in [-0.3, -0.25) is 9.59 Å². The second kappa shape index (κ2) is 10.3. The molecule has 5 N–H and O–H groups in total. The van der Waals surface area contributed by atoms with Gasteiger partial charge in [0.25, 0.3) is 11.8 Å². The van der Waals surface area contributed by atoms with Crippen molar-refractivity contribution in [3.05, 3.63) is 56.5 Å². The van der Waals surface area contributed by atoms with E-state index in [1.165, 1.54) is 12.5 Å². The van der Waals surface area contributed by atoms with Crippen LogP contribution in [0, 0.1) is 0 Å². The number of nitrogens with zero attached hydrogens (tertiary/aromatic N) is 4. The van der Waals surface area contributed by atoms with Crippen LogP contribution in [0.25, 0.3) is 0 Å². The predicted octanol–water partition coefficient (Wildman–Crippen LogP) is 3.05. The van der Waals surface area contributed by atoms with Crippen molar-refractivity contribution >= 4 is 46.4 Å². The number of nitrogen functional groups attached to an aromatic ring is 1. The van der Waals surface area contributed by atoms with Crippen LogP contribution in [0.5, 0.6) is 0 Å². The largest absolute Gasteiger partial charge is 0.418 e. The van der Waals surface area contributed by atoms with Crippen LogP contribution in [0.2, 0.25) is 5.02 Å². The number of aromatic nitrogens is 4. The first-order valence-electron chi connectivity index (χ1n) is 9.55. The maximum absolute atomic E-state index is 13.0. The molecule has 0 radical (unpaired) electrons. The normalized spacial score (nSPS) is 12.3. The minimum Gasteiger partial charge on any atom is -0.383 e. The number of hydrogen-bond acceptors (Lipinski definition) is 9. The van der Waals surface area contributed by atoms with Crippen LogP contribution in [0.15, 0.2) is 24.8 Å². The van der Waals surface area contributed by atoms with Gasteiger partial charge in [-0.15, -0.1) is 11.3 Å². The molecule has 0 spiro atoms. The van der Waals surface area contributed by atoms with Crippen molar-refractivity contribution in [3.8, 4) is 0 Å². The van der Waals surface area contributed by atoms with E-state index in [0.717, 1.165) is 17.5 Å². The van der Waals surface area contributed by atoms with Gasteiger partial charge in [0, 0.05) is 18.3 Å². The minimum absolute atomic E-state index is 0.0949. The van der Waals surface area contributed by atoms with Gasteiger partial charge in [-0.2, -0.15) is 13.2 Å². The van der Waals surface area contributed by atoms with Gasteiger partial charge in [-0.1, -0.05) is 11.6 Å². The first-order chi connectivity index (χ1) is 16.0. The number of carbonyl (C=O) groups is 2. The fraction of sp³-hybridized carbons (Fsp3) is 0.263. The molecule has 1 unspecified atom stereocenters. The lowest BCUT2D eigenvalue weighted by Gasteiger charge is -2.14. The molecule has 1 atom stereocenters. The third-order valence-electron chi connectivity index (χ3n) is 4.42. The Morgan fingerprint density at radius 2 is 1.91 bits per heavy atom. The Hall–Kier alpha value is -3.36. The van der Waals surface area contributed by atoms with Crippen LogP contribution < -0.4 is 21.7 Å². The lowest BCUT2D eigenvalue weighted by Crippen LogP contribution is -2.29. The molecule has 0 saturated carbocycles. The van der Waals surface area contributed by atoms with Crippen molar-refractivity contribution in [1.29, 1.82) is 0 Å². The van der Waals surface area contributed by atoms with Gasteiger partial charge in [0.15, 0.2) is 0 Å². The fourth-order valence-electron chi connectivity index (χ4n) is 2.79. The molecule has 3 aromatic heterocycles. The Bertz CT molecular complexity index is 1220. The predicted molar refractivity (Wildman–Crippen MR) is 119 cm³/mol. The van der Waals surface area contributed by atoms with Crippen molar-refractivity contribution in [2.75, 3.05) is 18.1 Å². The quantitative estimate of drug-likeness (QED) is 0.376. The number of rotatable bonds is 7. The molecule has 3 rings (SSSR count). The van der Waals surface area contributed by atoms with Crippen LogP contribution in [0.4, 0.5) is 24.8 Å². The van der Waals surface area contributed by atoms with E-state index in [9.17, 15) is 22.8 Å². The Morgan fingerprint density at radius 3 is 2.59 bits per heavy atom. The summed E-state index contributed by atoms with van der Waals surface area (Å²) in [7, 11) is 1.68. The molecule has 0 fully saturated rings. The number of pyridine rings is 1. The molecule has 3 aromatic rings. The van der Waals surface area contributed by atoms with Crippen LogP contribution >= 0.6 is 22.9 Å². The van der Waals surface area contributed by atoms with Gasteiger partial charge in [-0.05, 0) is 20.0 Å². The summed E-state index contributed by atoms with van der Waals surface area (Å²) in [4.78, 5) is 41.0. The zero-order valence-corrected chi connectivity index (χ0v) is 19.3. The Balaban J connectivity index is 1.71. The average molecular weight is 515 g/mol. The molecule has 3 heterocycles. The molecule has 0 aromatic carbocycles. The number of nitrogens with two attached hydrogens (primary N) is 1. The molecule has 0 saturated heterocycles. The van der Waals surface area contributed by atoms with E-state index in [1.54, 1.807) is 14.0 Å². The highest BCUT2D eigenvalue weighted by Gasteiger charge is 2.34. The van der Waals surface area contributed by atoms with Crippen LogP contribution in [-0.4, -0.2) is 38.8 Å². The van der Waals surface area contributed by atoms with E-state index < -0.39 is 34.6 Å². The van der Waals surface area contributed by atoms with E-state index in [1.807, 2.05) is 0 Å². The van der Waals surface area contributed by atoms with Crippen molar-refractivity contribution in [2.24, 2.45) is 0 Å². The molecule has 34 heavy (non-hydrogen) atoms. The summed E-state index contributed by atoms with van der Waals surface area (Å²) in [6.45, 7) is 1.93. The van der Waals surface area contributed by atoms with Crippen LogP contribution in [0.3, 0.4) is 0 Å². The molecule has 0 aliphatic carbocycles. The van der Waals surface area contributed by atoms with Crippen molar-refractivity contribution in [2.45, 2.75) is 25.7 Å². The Morgan fingerprint density at radius 1 is 1.18 bits per heavy atom. The van der Waals surface area contributed by atoms with E-state index in [2.05, 4.69) is 35.9 Å². The van der Waals surface area contributed by atoms with Crippen LogP contribution in [-0.2, 0) is 12.7 Å². The SMILES string of the molecule is CNCc1c(N)ncnc1C(=O)NC(C)c1ncc(C(=O)Nc2cc(C(F)(F)F)c(Cl)cn2)s1. The summed E-state index contributed by atoms with van der Waals surface area (Å²) >= 11 is 6.49. The van der Waals surface area contributed by atoms with Gasteiger partial charge < -0.3 is 21.7 Å². The lowest BCUT2D eigenvalue weighted by molar-refractivity contribution is -0.137. The highest BCUT2D eigenvalue weighted by atomic mass is 35.5. The number of thiazole rings is 1. The summed E-state index contributed by atoms with van der Waals surface area (Å²) < 4.78 is 39.0. The summed E-state index contributed by atoms with van der Waals surface area (Å²) in [6, 6.07) is 0.0319. The zero-order chi connectivity index (χ0) is 25.0. The van der Waals surface area contributed by atoms with Gasteiger partial charge >= 0.3 is 6.18 Å². The third-order valence-corrected chi connectivity index (χ3v) is 5.90. The molecule has 180 valence electrons. The average Bonchev–Trinajstić information content (AvgIpc) is 3.26. The smallest absolute Gasteiger partial charge is 0.383 e. The van der Waals surface area contributed by atoms with E-state index in [0.29, 0.717) is 16.6 Å². The second-order valence-corrected chi connectivity index (χ2v) is 8.34. The van der Waals surface area contributed by atoms with E-state index in [-0.39, 0.29) is 28.8 Å². The van der Waals surface area contributed by atoms with Crippen LogP contribution in [0.1, 0.15) is 49.3 Å². The Labute approximate surface area is 200 Å². The number of nitrogens with one attached hydrogen (secondary N) is 3. The van der Waals surface area contributed by atoms with Gasteiger partial charge in [0.05, 0.1) is 22.8 Å². The summed E-state index contributed by atoms with van der Waals surface area (Å²) in [5.74, 6) is -1.39. The van der Waals surface area contributed by atoms with E-state index >= 15 is 0 Å². The topological polar surface area (TPSA) is 148 Å². The molecule has 2 amide bonds. The Kier molecular flexibility index (Phi) is 7.64. The molecule has 0 bridgehead atoms. The highest BCUT2D eigenvalue weighted by Crippen LogP contribution is 2.35. The lowest BCUT2D eigenvalue weighted by atomic mass is 10.2. The van der Waals surface area contributed by atoms with Crippen molar-refractivity contribution < 1.29 is 22.8 Å². The minimum atomic E-state index is -4.70. The number of alkyl halides is 3. The third kappa shape index (κ3) is 5.76.